The molecule has 0 fully saturated rings. The summed E-state index contributed by atoms with van der Waals surface area (Å²) in [7, 11) is 0. The molecule has 0 bridgehead atoms. The molecule has 0 aliphatic rings. The summed E-state index contributed by atoms with van der Waals surface area (Å²) in [5.41, 5.74) is 0. The van der Waals surface area contributed by atoms with Crippen LogP contribution in [0.2, 0.25) is 5.02 Å². The molecule has 0 saturated heterocycles. The summed E-state index contributed by atoms with van der Waals surface area (Å²) in [5, 5.41) is 0.648. The summed E-state index contributed by atoms with van der Waals surface area (Å²) < 4.78 is 6.56. The predicted octanol–water partition coefficient (Wildman–Crippen LogP) is 4.28. The lowest BCUT2D eigenvalue weighted by atomic mass is 10.3. The molecule has 0 spiro atoms. The molecule has 1 rings (SSSR count). The van der Waals surface area contributed by atoms with Crippen molar-refractivity contribution in [2.45, 2.75) is 26.4 Å². The molecule has 0 amide bonds. The average molecular weight is 264 g/mol. The van der Waals surface area contributed by atoms with Crippen molar-refractivity contribution < 1.29 is 4.74 Å². The van der Waals surface area contributed by atoms with Gasteiger partial charge in [0.1, 0.15) is 5.75 Å². The first-order valence-corrected chi connectivity index (χ1v) is 5.42. The number of rotatable bonds is 3. The summed E-state index contributed by atoms with van der Waals surface area (Å²) in [4.78, 5) is 0. The molecule has 0 aliphatic heterocycles. The van der Waals surface area contributed by atoms with Crippen LogP contribution in [0.25, 0.3) is 0 Å². The van der Waals surface area contributed by atoms with E-state index in [0.717, 1.165) is 16.6 Å². The second-order valence-electron chi connectivity index (χ2n) is 2.91. The minimum atomic E-state index is 0.207. The third-order valence-electron chi connectivity index (χ3n) is 1.80. The van der Waals surface area contributed by atoms with E-state index in [2.05, 4.69) is 22.9 Å². The second kappa shape index (κ2) is 4.87. The van der Waals surface area contributed by atoms with Crippen LogP contribution < -0.4 is 4.74 Å². The van der Waals surface area contributed by atoms with Gasteiger partial charge < -0.3 is 4.74 Å². The zero-order chi connectivity index (χ0) is 9.84. The van der Waals surface area contributed by atoms with E-state index in [1.54, 1.807) is 0 Å². The van der Waals surface area contributed by atoms with E-state index in [1.807, 2.05) is 25.1 Å². The van der Waals surface area contributed by atoms with Gasteiger partial charge >= 0.3 is 0 Å². The fourth-order valence-electron chi connectivity index (χ4n) is 0.871. The SMILES string of the molecule is CCC(C)Oc1ccc(Br)cc1Cl. The first kappa shape index (κ1) is 10.9. The van der Waals surface area contributed by atoms with Gasteiger partial charge in [-0.2, -0.15) is 0 Å². The van der Waals surface area contributed by atoms with E-state index in [4.69, 9.17) is 16.3 Å². The fraction of sp³-hybridized carbons (Fsp3) is 0.400. The van der Waals surface area contributed by atoms with E-state index in [9.17, 15) is 0 Å². The van der Waals surface area contributed by atoms with E-state index >= 15 is 0 Å². The van der Waals surface area contributed by atoms with Crippen LogP contribution in [0.3, 0.4) is 0 Å². The maximum Gasteiger partial charge on any atom is 0.138 e. The van der Waals surface area contributed by atoms with Gasteiger partial charge in [-0.15, -0.1) is 0 Å². The lowest BCUT2D eigenvalue weighted by molar-refractivity contribution is 0.217. The molecule has 1 aromatic carbocycles. The Bertz CT molecular complexity index is 288. The van der Waals surface area contributed by atoms with Crippen LogP contribution in [0.15, 0.2) is 22.7 Å². The van der Waals surface area contributed by atoms with Gasteiger partial charge in [0.15, 0.2) is 0 Å². The molecule has 0 aromatic heterocycles. The van der Waals surface area contributed by atoms with Crippen LogP contribution in [0.4, 0.5) is 0 Å². The minimum absolute atomic E-state index is 0.207. The van der Waals surface area contributed by atoms with Gasteiger partial charge in [-0.3, -0.25) is 0 Å². The average Bonchev–Trinajstić information content (AvgIpc) is 2.09. The van der Waals surface area contributed by atoms with Gasteiger partial charge in [0.05, 0.1) is 11.1 Å². The van der Waals surface area contributed by atoms with Crippen molar-refractivity contribution in [1.82, 2.24) is 0 Å². The Balaban J connectivity index is 2.77. The third-order valence-corrected chi connectivity index (χ3v) is 2.59. The molecule has 0 radical (unpaired) electrons. The highest BCUT2D eigenvalue weighted by molar-refractivity contribution is 9.10. The summed E-state index contributed by atoms with van der Waals surface area (Å²) >= 11 is 9.32. The van der Waals surface area contributed by atoms with Crippen molar-refractivity contribution in [2.75, 3.05) is 0 Å². The molecule has 0 saturated carbocycles. The molecule has 1 nitrogen and oxygen atoms in total. The monoisotopic (exact) mass is 262 g/mol. The first-order valence-electron chi connectivity index (χ1n) is 4.25. The number of ether oxygens (including phenoxy) is 1. The predicted molar refractivity (Wildman–Crippen MR) is 59.5 cm³/mol. The normalized spacial score (nSPS) is 12.6. The Morgan fingerprint density at radius 1 is 1.54 bits per heavy atom. The Morgan fingerprint density at radius 2 is 2.23 bits per heavy atom. The highest BCUT2D eigenvalue weighted by Gasteiger charge is 2.05. The quantitative estimate of drug-likeness (QED) is 0.791. The largest absolute Gasteiger partial charge is 0.489 e. The molecule has 0 N–H and O–H groups in total. The molecule has 72 valence electrons. The van der Waals surface area contributed by atoms with Gasteiger partial charge in [-0.25, -0.2) is 0 Å². The van der Waals surface area contributed by atoms with Crippen LogP contribution in [-0.2, 0) is 0 Å². The summed E-state index contributed by atoms with van der Waals surface area (Å²) in [6, 6.07) is 5.63. The summed E-state index contributed by atoms with van der Waals surface area (Å²) in [6.45, 7) is 4.11. The van der Waals surface area contributed by atoms with Crippen molar-refractivity contribution in [1.29, 1.82) is 0 Å². The van der Waals surface area contributed by atoms with E-state index < -0.39 is 0 Å². The number of halogens is 2. The van der Waals surface area contributed by atoms with Gasteiger partial charge in [-0.1, -0.05) is 34.5 Å². The number of benzene rings is 1. The zero-order valence-corrected chi connectivity index (χ0v) is 10.0. The van der Waals surface area contributed by atoms with Crippen LogP contribution in [0.1, 0.15) is 20.3 Å². The van der Waals surface area contributed by atoms with Gasteiger partial charge in [0, 0.05) is 4.47 Å². The Kier molecular flexibility index (Phi) is 4.07. The van der Waals surface area contributed by atoms with Gasteiger partial charge in [0.25, 0.3) is 0 Å². The first-order chi connectivity index (χ1) is 6.13. The van der Waals surface area contributed by atoms with Crippen molar-refractivity contribution in [3.8, 4) is 5.75 Å². The summed E-state index contributed by atoms with van der Waals surface area (Å²) in [6.07, 6.45) is 1.19. The van der Waals surface area contributed by atoms with Crippen LogP contribution >= 0.6 is 27.5 Å². The van der Waals surface area contributed by atoms with Crippen molar-refractivity contribution in [3.05, 3.63) is 27.7 Å². The number of hydrogen-bond donors (Lipinski definition) is 0. The smallest absolute Gasteiger partial charge is 0.138 e. The van der Waals surface area contributed by atoms with E-state index in [1.165, 1.54) is 0 Å². The van der Waals surface area contributed by atoms with Crippen molar-refractivity contribution in [3.63, 3.8) is 0 Å². The molecular weight excluding hydrogens is 251 g/mol. The zero-order valence-electron chi connectivity index (χ0n) is 7.68. The number of hydrogen-bond acceptors (Lipinski definition) is 1. The molecule has 1 atom stereocenters. The van der Waals surface area contributed by atoms with Crippen molar-refractivity contribution in [2.24, 2.45) is 0 Å². The minimum Gasteiger partial charge on any atom is -0.489 e. The maximum atomic E-state index is 5.98. The Hall–Kier alpha value is -0.210. The molecular formula is C10H12BrClO. The molecule has 0 aliphatic carbocycles. The lowest BCUT2D eigenvalue weighted by Gasteiger charge is -2.13. The molecule has 13 heavy (non-hydrogen) atoms. The highest BCUT2D eigenvalue weighted by Crippen LogP contribution is 2.28. The van der Waals surface area contributed by atoms with Gasteiger partial charge in [0.2, 0.25) is 0 Å². The van der Waals surface area contributed by atoms with Gasteiger partial charge in [-0.05, 0) is 31.5 Å². The highest BCUT2D eigenvalue weighted by atomic mass is 79.9. The van der Waals surface area contributed by atoms with Crippen LogP contribution in [0, 0.1) is 0 Å². The fourth-order valence-corrected chi connectivity index (χ4v) is 1.59. The van der Waals surface area contributed by atoms with Crippen LogP contribution in [0.5, 0.6) is 5.75 Å². The Morgan fingerprint density at radius 3 is 2.77 bits per heavy atom. The Labute approximate surface area is 92.2 Å². The maximum absolute atomic E-state index is 5.98. The van der Waals surface area contributed by atoms with E-state index in [-0.39, 0.29) is 6.10 Å². The topological polar surface area (TPSA) is 9.23 Å². The molecule has 1 unspecified atom stereocenters. The third kappa shape index (κ3) is 3.20. The van der Waals surface area contributed by atoms with E-state index in [0.29, 0.717) is 5.02 Å². The second-order valence-corrected chi connectivity index (χ2v) is 4.23. The van der Waals surface area contributed by atoms with Crippen LogP contribution in [-0.4, -0.2) is 6.10 Å². The molecule has 1 aromatic rings. The standard InChI is InChI=1S/C10H12BrClO/c1-3-7(2)13-10-5-4-8(11)6-9(10)12/h4-7H,3H2,1-2H3. The summed E-state index contributed by atoms with van der Waals surface area (Å²) in [5.74, 6) is 0.749. The van der Waals surface area contributed by atoms with Crippen molar-refractivity contribution >= 4 is 27.5 Å². The molecule has 0 heterocycles. The molecule has 3 heteroatoms. The lowest BCUT2D eigenvalue weighted by Crippen LogP contribution is -2.09.